The minimum Gasteiger partial charge on any atom is -0.392 e. The van der Waals surface area contributed by atoms with Gasteiger partial charge in [0.1, 0.15) is 0 Å². The number of hydrogen-bond donors (Lipinski definition) is 2. The maximum Gasteiger partial charge on any atom is 0.269 e. The molecule has 0 spiro atoms. The summed E-state index contributed by atoms with van der Waals surface area (Å²) in [5.41, 5.74) is 1.69. The molecule has 3 rings (SSSR count). The standard InChI is InChI=1S/C20H16N2O4S/c23-13-14-5-1-3-7-18(14)21-20(24)17-6-2-4-8-19(17)27-16-11-9-15(10-12-16)22(25)26/h1-12,23H,13H2,(H,21,24). The van der Waals surface area contributed by atoms with Crippen molar-refractivity contribution < 1.29 is 14.8 Å². The zero-order valence-electron chi connectivity index (χ0n) is 14.2. The lowest BCUT2D eigenvalue weighted by molar-refractivity contribution is -0.384. The van der Waals surface area contributed by atoms with Crippen molar-refractivity contribution in [3.63, 3.8) is 0 Å². The van der Waals surface area contributed by atoms with Gasteiger partial charge in [-0.2, -0.15) is 0 Å². The van der Waals surface area contributed by atoms with Crippen molar-refractivity contribution in [2.45, 2.75) is 16.4 Å². The predicted molar refractivity (Wildman–Crippen MR) is 104 cm³/mol. The second-order valence-corrected chi connectivity index (χ2v) is 6.73. The first-order valence-electron chi connectivity index (χ1n) is 8.10. The van der Waals surface area contributed by atoms with Gasteiger partial charge in [0.05, 0.1) is 17.1 Å². The Kier molecular flexibility index (Phi) is 5.85. The van der Waals surface area contributed by atoms with Gasteiger partial charge in [0.2, 0.25) is 0 Å². The molecule has 6 nitrogen and oxygen atoms in total. The first kappa shape index (κ1) is 18.6. The number of amides is 1. The highest BCUT2D eigenvalue weighted by Crippen LogP contribution is 2.32. The van der Waals surface area contributed by atoms with Crippen LogP contribution < -0.4 is 5.32 Å². The summed E-state index contributed by atoms with van der Waals surface area (Å²) >= 11 is 1.35. The monoisotopic (exact) mass is 380 g/mol. The van der Waals surface area contributed by atoms with E-state index in [4.69, 9.17) is 0 Å². The van der Waals surface area contributed by atoms with Crippen LogP contribution in [0.1, 0.15) is 15.9 Å². The van der Waals surface area contributed by atoms with E-state index in [1.807, 2.05) is 12.1 Å². The molecular weight excluding hydrogens is 364 g/mol. The zero-order valence-corrected chi connectivity index (χ0v) is 15.0. The molecule has 0 aromatic heterocycles. The molecule has 0 atom stereocenters. The molecular formula is C20H16N2O4S. The maximum atomic E-state index is 12.7. The number of rotatable bonds is 6. The zero-order chi connectivity index (χ0) is 19.2. The van der Waals surface area contributed by atoms with Crippen molar-refractivity contribution in [2.75, 3.05) is 5.32 Å². The average Bonchev–Trinajstić information content (AvgIpc) is 2.69. The Hall–Kier alpha value is -3.16. The quantitative estimate of drug-likeness (QED) is 0.485. The molecule has 0 aliphatic rings. The number of aliphatic hydroxyl groups is 1. The van der Waals surface area contributed by atoms with Gasteiger partial charge >= 0.3 is 0 Å². The number of nitrogens with zero attached hydrogens (tertiary/aromatic N) is 1. The summed E-state index contributed by atoms with van der Waals surface area (Å²) in [7, 11) is 0. The summed E-state index contributed by atoms with van der Waals surface area (Å²) < 4.78 is 0. The summed E-state index contributed by atoms with van der Waals surface area (Å²) in [6, 6.07) is 20.3. The lowest BCUT2D eigenvalue weighted by Gasteiger charge is -2.12. The summed E-state index contributed by atoms with van der Waals surface area (Å²) in [6.07, 6.45) is 0. The number of aliphatic hydroxyl groups excluding tert-OH is 1. The molecule has 3 aromatic rings. The molecule has 0 bridgehead atoms. The van der Waals surface area contributed by atoms with E-state index in [1.165, 1.54) is 23.9 Å². The molecule has 0 saturated heterocycles. The van der Waals surface area contributed by atoms with Crippen molar-refractivity contribution in [3.8, 4) is 0 Å². The average molecular weight is 380 g/mol. The van der Waals surface area contributed by atoms with E-state index < -0.39 is 4.92 Å². The number of hydrogen-bond acceptors (Lipinski definition) is 5. The van der Waals surface area contributed by atoms with Gasteiger partial charge < -0.3 is 10.4 Å². The highest BCUT2D eigenvalue weighted by atomic mass is 32.2. The van der Waals surface area contributed by atoms with Gasteiger partial charge in [0.25, 0.3) is 11.6 Å². The van der Waals surface area contributed by atoms with Crippen LogP contribution in [0.5, 0.6) is 0 Å². The van der Waals surface area contributed by atoms with Gasteiger partial charge in [-0.15, -0.1) is 0 Å². The van der Waals surface area contributed by atoms with Crippen LogP contribution in [0.4, 0.5) is 11.4 Å². The number of nitrogens with one attached hydrogen (secondary N) is 1. The molecule has 3 aromatic carbocycles. The van der Waals surface area contributed by atoms with Gasteiger partial charge in [-0.3, -0.25) is 14.9 Å². The number of para-hydroxylation sites is 1. The number of carbonyl (C=O) groups excluding carboxylic acids is 1. The van der Waals surface area contributed by atoms with Crippen LogP contribution in [0.2, 0.25) is 0 Å². The lowest BCUT2D eigenvalue weighted by atomic mass is 10.1. The Morgan fingerprint density at radius 3 is 2.37 bits per heavy atom. The van der Waals surface area contributed by atoms with Crippen LogP contribution >= 0.6 is 11.8 Å². The van der Waals surface area contributed by atoms with E-state index in [2.05, 4.69) is 5.32 Å². The van der Waals surface area contributed by atoms with Crippen LogP contribution in [0.15, 0.2) is 82.6 Å². The van der Waals surface area contributed by atoms with Crippen LogP contribution in [0.25, 0.3) is 0 Å². The third-order valence-electron chi connectivity index (χ3n) is 3.84. The third kappa shape index (κ3) is 4.52. The molecule has 0 aliphatic heterocycles. The molecule has 0 aliphatic carbocycles. The number of nitro groups is 1. The Labute approximate surface area is 160 Å². The minimum absolute atomic E-state index is 0.0194. The molecule has 1 amide bonds. The van der Waals surface area contributed by atoms with E-state index in [0.717, 1.165) is 9.79 Å². The lowest BCUT2D eigenvalue weighted by Crippen LogP contribution is -2.14. The van der Waals surface area contributed by atoms with Crippen molar-refractivity contribution in [1.29, 1.82) is 0 Å². The van der Waals surface area contributed by atoms with E-state index in [1.54, 1.807) is 48.5 Å². The third-order valence-corrected chi connectivity index (χ3v) is 4.93. The Bertz CT molecular complexity index is 974. The minimum atomic E-state index is -0.450. The van der Waals surface area contributed by atoms with Gasteiger partial charge in [-0.05, 0) is 30.3 Å². The van der Waals surface area contributed by atoms with Crippen molar-refractivity contribution >= 4 is 29.0 Å². The molecule has 0 radical (unpaired) electrons. The molecule has 0 unspecified atom stereocenters. The number of anilines is 1. The van der Waals surface area contributed by atoms with Crippen molar-refractivity contribution in [3.05, 3.63) is 94.0 Å². The molecule has 27 heavy (non-hydrogen) atoms. The smallest absolute Gasteiger partial charge is 0.269 e. The molecule has 0 fully saturated rings. The number of nitro benzene ring substituents is 1. The van der Waals surface area contributed by atoms with Gasteiger partial charge in [0, 0.05) is 33.2 Å². The van der Waals surface area contributed by atoms with Crippen molar-refractivity contribution in [2.24, 2.45) is 0 Å². The fourth-order valence-electron chi connectivity index (χ4n) is 2.48. The van der Waals surface area contributed by atoms with Gasteiger partial charge in [-0.25, -0.2) is 0 Å². The SMILES string of the molecule is O=C(Nc1ccccc1CO)c1ccccc1Sc1ccc([N+](=O)[O-])cc1. The predicted octanol–water partition coefficient (Wildman–Crippen LogP) is 4.49. The van der Waals surface area contributed by atoms with Crippen LogP contribution in [0.3, 0.4) is 0 Å². The van der Waals surface area contributed by atoms with Gasteiger partial charge in [-0.1, -0.05) is 42.1 Å². The first-order chi connectivity index (χ1) is 13.1. The number of benzene rings is 3. The molecule has 0 saturated carbocycles. The number of carbonyl (C=O) groups is 1. The molecule has 7 heteroatoms. The maximum absolute atomic E-state index is 12.7. The summed E-state index contributed by atoms with van der Waals surface area (Å²) in [5.74, 6) is -0.291. The summed E-state index contributed by atoms with van der Waals surface area (Å²) in [6.45, 7) is -0.171. The second-order valence-electron chi connectivity index (χ2n) is 5.62. The molecule has 2 N–H and O–H groups in total. The Balaban J connectivity index is 1.83. The Morgan fingerprint density at radius 1 is 1.00 bits per heavy atom. The fraction of sp³-hybridized carbons (Fsp3) is 0.0500. The topological polar surface area (TPSA) is 92.5 Å². The largest absolute Gasteiger partial charge is 0.392 e. The van der Waals surface area contributed by atoms with E-state index >= 15 is 0 Å². The van der Waals surface area contributed by atoms with E-state index in [9.17, 15) is 20.0 Å². The highest BCUT2D eigenvalue weighted by molar-refractivity contribution is 7.99. The van der Waals surface area contributed by atoms with Crippen LogP contribution in [-0.2, 0) is 6.61 Å². The van der Waals surface area contributed by atoms with Crippen molar-refractivity contribution in [1.82, 2.24) is 0 Å². The fourth-order valence-corrected chi connectivity index (χ4v) is 3.42. The van der Waals surface area contributed by atoms with Crippen LogP contribution in [-0.4, -0.2) is 15.9 Å². The molecule has 0 heterocycles. The Morgan fingerprint density at radius 2 is 1.67 bits per heavy atom. The van der Waals surface area contributed by atoms with E-state index in [0.29, 0.717) is 16.8 Å². The van der Waals surface area contributed by atoms with Gasteiger partial charge in [0.15, 0.2) is 0 Å². The summed E-state index contributed by atoms with van der Waals surface area (Å²) in [4.78, 5) is 24.6. The normalized spacial score (nSPS) is 10.4. The first-order valence-corrected chi connectivity index (χ1v) is 8.91. The van der Waals surface area contributed by atoms with Crippen LogP contribution in [0, 0.1) is 10.1 Å². The highest BCUT2D eigenvalue weighted by Gasteiger charge is 2.14. The van der Waals surface area contributed by atoms with E-state index in [-0.39, 0.29) is 18.2 Å². The number of non-ortho nitro benzene ring substituents is 1. The second kappa shape index (κ2) is 8.48. The molecule has 136 valence electrons. The summed E-state index contributed by atoms with van der Waals surface area (Å²) in [5, 5.41) is 23.0.